The van der Waals surface area contributed by atoms with Crippen LogP contribution in [0.3, 0.4) is 0 Å². The van der Waals surface area contributed by atoms with Crippen molar-refractivity contribution in [2.75, 3.05) is 0 Å². The molecule has 3 N–H and O–H groups in total. The Labute approximate surface area is 98.2 Å². The Hall–Kier alpha value is -1.03. The molecule has 0 aromatic heterocycles. The van der Waals surface area contributed by atoms with E-state index in [1.165, 1.54) is 0 Å². The lowest BCUT2D eigenvalue weighted by atomic mass is 10.0. The standard InChI is InChI=1S/C12H24N2O2/c1-8(2)7-10(13)9(3)14-11(15)16-12(4,5)6/h9-10H,1,7,13H2,2-6H3,(H,14,15)/t9-,10+/m0/s1. The SMILES string of the molecule is C=C(C)C[C@@H](N)[C@H](C)NC(=O)OC(C)(C)C. The molecule has 0 unspecified atom stereocenters. The third-order valence-electron chi connectivity index (χ3n) is 1.97. The van der Waals surface area contributed by atoms with Crippen LogP contribution in [0.1, 0.15) is 41.0 Å². The number of ether oxygens (including phenoxy) is 1. The van der Waals surface area contributed by atoms with E-state index in [1.807, 2.05) is 34.6 Å². The second-order valence-electron chi connectivity index (χ2n) is 5.26. The third-order valence-corrected chi connectivity index (χ3v) is 1.97. The van der Waals surface area contributed by atoms with Crippen molar-refractivity contribution in [1.29, 1.82) is 0 Å². The highest BCUT2D eigenvalue weighted by Gasteiger charge is 2.20. The van der Waals surface area contributed by atoms with Gasteiger partial charge in [0, 0.05) is 12.1 Å². The molecule has 4 nitrogen and oxygen atoms in total. The van der Waals surface area contributed by atoms with Gasteiger partial charge in [-0.2, -0.15) is 0 Å². The number of hydrogen-bond acceptors (Lipinski definition) is 3. The van der Waals surface area contributed by atoms with Crippen LogP contribution in [-0.4, -0.2) is 23.8 Å². The molecular weight excluding hydrogens is 204 g/mol. The zero-order valence-electron chi connectivity index (χ0n) is 11.0. The van der Waals surface area contributed by atoms with Crippen molar-refractivity contribution in [3.05, 3.63) is 12.2 Å². The highest BCUT2D eigenvalue weighted by molar-refractivity contribution is 5.68. The molecule has 1 amide bonds. The molecule has 0 fully saturated rings. The molecule has 0 spiro atoms. The minimum atomic E-state index is -0.484. The molecule has 94 valence electrons. The molecular formula is C12H24N2O2. The van der Waals surface area contributed by atoms with Crippen LogP contribution < -0.4 is 11.1 Å². The number of amides is 1. The van der Waals surface area contributed by atoms with Crippen molar-refractivity contribution in [2.24, 2.45) is 5.73 Å². The van der Waals surface area contributed by atoms with Gasteiger partial charge in [-0.15, -0.1) is 6.58 Å². The van der Waals surface area contributed by atoms with Gasteiger partial charge in [-0.3, -0.25) is 0 Å². The molecule has 16 heavy (non-hydrogen) atoms. The first-order chi connectivity index (χ1) is 7.11. The normalized spacial score (nSPS) is 15.1. The average molecular weight is 228 g/mol. The van der Waals surface area contributed by atoms with Crippen molar-refractivity contribution in [2.45, 2.75) is 58.7 Å². The van der Waals surface area contributed by atoms with Crippen molar-refractivity contribution in [3.63, 3.8) is 0 Å². The van der Waals surface area contributed by atoms with Crippen LogP contribution in [0.2, 0.25) is 0 Å². The largest absolute Gasteiger partial charge is 0.444 e. The van der Waals surface area contributed by atoms with E-state index in [0.29, 0.717) is 6.42 Å². The van der Waals surface area contributed by atoms with Crippen LogP contribution in [-0.2, 0) is 4.74 Å². The first kappa shape index (κ1) is 15.0. The van der Waals surface area contributed by atoms with E-state index in [0.717, 1.165) is 5.57 Å². The first-order valence-electron chi connectivity index (χ1n) is 5.51. The molecule has 2 atom stereocenters. The summed E-state index contributed by atoms with van der Waals surface area (Å²) in [5.74, 6) is 0. The molecule has 0 saturated heterocycles. The smallest absolute Gasteiger partial charge is 0.407 e. The van der Waals surface area contributed by atoms with Crippen LogP contribution in [0.5, 0.6) is 0 Å². The van der Waals surface area contributed by atoms with Crippen molar-refractivity contribution in [3.8, 4) is 0 Å². The number of carbonyl (C=O) groups is 1. The van der Waals surface area contributed by atoms with E-state index >= 15 is 0 Å². The molecule has 0 heterocycles. The second kappa shape index (κ2) is 5.89. The van der Waals surface area contributed by atoms with E-state index < -0.39 is 11.7 Å². The number of hydrogen-bond donors (Lipinski definition) is 2. The molecule has 0 aromatic carbocycles. The average Bonchev–Trinajstić information content (AvgIpc) is 1.98. The minimum Gasteiger partial charge on any atom is -0.444 e. The molecule has 0 rings (SSSR count). The number of nitrogens with two attached hydrogens (primary N) is 1. The lowest BCUT2D eigenvalue weighted by Gasteiger charge is -2.24. The second-order valence-corrected chi connectivity index (χ2v) is 5.26. The van der Waals surface area contributed by atoms with Gasteiger partial charge in [0.05, 0.1) is 0 Å². The Balaban J connectivity index is 4.09. The van der Waals surface area contributed by atoms with E-state index in [9.17, 15) is 4.79 Å². The Morgan fingerprint density at radius 1 is 1.50 bits per heavy atom. The molecule has 0 aliphatic heterocycles. The molecule has 0 aliphatic carbocycles. The number of carbonyl (C=O) groups excluding carboxylic acids is 1. The lowest BCUT2D eigenvalue weighted by molar-refractivity contribution is 0.0501. The van der Waals surface area contributed by atoms with E-state index in [1.54, 1.807) is 0 Å². The number of alkyl carbamates (subject to hydrolysis) is 1. The fourth-order valence-electron chi connectivity index (χ4n) is 1.18. The monoisotopic (exact) mass is 228 g/mol. The molecule has 0 saturated carbocycles. The van der Waals surface area contributed by atoms with Gasteiger partial charge in [-0.05, 0) is 41.0 Å². The summed E-state index contributed by atoms with van der Waals surface area (Å²) in [6.07, 6.45) is 0.258. The molecule has 4 heteroatoms. The van der Waals surface area contributed by atoms with Gasteiger partial charge < -0.3 is 15.8 Å². The Kier molecular flexibility index (Phi) is 5.51. The summed E-state index contributed by atoms with van der Waals surface area (Å²) >= 11 is 0. The Morgan fingerprint density at radius 2 is 2.00 bits per heavy atom. The van der Waals surface area contributed by atoms with Crippen LogP contribution in [0, 0.1) is 0 Å². The van der Waals surface area contributed by atoms with Gasteiger partial charge in [0.1, 0.15) is 5.60 Å². The molecule has 0 aromatic rings. The van der Waals surface area contributed by atoms with Crippen LogP contribution in [0.25, 0.3) is 0 Å². The van der Waals surface area contributed by atoms with E-state index in [2.05, 4.69) is 11.9 Å². The van der Waals surface area contributed by atoms with Gasteiger partial charge in [0.2, 0.25) is 0 Å². The van der Waals surface area contributed by atoms with Gasteiger partial charge >= 0.3 is 6.09 Å². The predicted molar refractivity (Wildman–Crippen MR) is 66.2 cm³/mol. The van der Waals surface area contributed by atoms with Crippen molar-refractivity contribution < 1.29 is 9.53 Å². The van der Waals surface area contributed by atoms with E-state index in [-0.39, 0.29) is 12.1 Å². The summed E-state index contributed by atoms with van der Waals surface area (Å²) in [7, 11) is 0. The van der Waals surface area contributed by atoms with E-state index in [4.69, 9.17) is 10.5 Å². The van der Waals surface area contributed by atoms with Gasteiger partial charge in [-0.1, -0.05) is 5.57 Å². The minimum absolute atomic E-state index is 0.133. The molecule has 0 radical (unpaired) electrons. The quantitative estimate of drug-likeness (QED) is 0.725. The fraction of sp³-hybridized carbons (Fsp3) is 0.750. The highest BCUT2D eigenvalue weighted by Crippen LogP contribution is 2.08. The lowest BCUT2D eigenvalue weighted by Crippen LogP contribution is -2.47. The maximum Gasteiger partial charge on any atom is 0.407 e. The van der Waals surface area contributed by atoms with Crippen LogP contribution in [0.4, 0.5) is 4.79 Å². The number of nitrogens with one attached hydrogen (secondary N) is 1. The van der Waals surface area contributed by atoms with Gasteiger partial charge in [0.15, 0.2) is 0 Å². The summed E-state index contributed by atoms with van der Waals surface area (Å²) in [6.45, 7) is 13.0. The zero-order valence-corrected chi connectivity index (χ0v) is 11.0. The number of rotatable bonds is 4. The Bertz CT molecular complexity index is 256. The molecule has 0 aliphatic rings. The van der Waals surface area contributed by atoms with Gasteiger partial charge in [-0.25, -0.2) is 4.79 Å². The van der Waals surface area contributed by atoms with Crippen LogP contribution in [0.15, 0.2) is 12.2 Å². The summed E-state index contributed by atoms with van der Waals surface area (Å²) < 4.78 is 5.14. The fourth-order valence-corrected chi connectivity index (χ4v) is 1.18. The summed E-state index contributed by atoms with van der Waals surface area (Å²) in [6, 6.07) is -0.267. The third kappa shape index (κ3) is 7.29. The maximum atomic E-state index is 11.4. The summed E-state index contributed by atoms with van der Waals surface area (Å²) in [5.41, 5.74) is 6.42. The Morgan fingerprint density at radius 3 is 2.38 bits per heavy atom. The predicted octanol–water partition coefficient (Wildman–Crippen LogP) is 2.19. The molecule has 0 bridgehead atoms. The topological polar surface area (TPSA) is 64.3 Å². The van der Waals surface area contributed by atoms with Crippen LogP contribution >= 0.6 is 0 Å². The van der Waals surface area contributed by atoms with Crippen molar-refractivity contribution >= 4 is 6.09 Å². The highest BCUT2D eigenvalue weighted by atomic mass is 16.6. The van der Waals surface area contributed by atoms with Crippen molar-refractivity contribution in [1.82, 2.24) is 5.32 Å². The zero-order chi connectivity index (χ0) is 12.9. The first-order valence-corrected chi connectivity index (χ1v) is 5.51. The summed E-state index contributed by atoms with van der Waals surface area (Å²) in [5, 5.41) is 2.71. The van der Waals surface area contributed by atoms with Gasteiger partial charge in [0.25, 0.3) is 0 Å². The summed E-state index contributed by atoms with van der Waals surface area (Å²) in [4.78, 5) is 11.4. The maximum absolute atomic E-state index is 11.4.